The van der Waals surface area contributed by atoms with Crippen LogP contribution >= 0.6 is 15.9 Å². The highest BCUT2D eigenvalue weighted by Crippen LogP contribution is 2.46. The van der Waals surface area contributed by atoms with Crippen LogP contribution in [0.25, 0.3) is 0 Å². The lowest BCUT2D eigenvalue weighted by atomic mass is 9.97. The number of pyridine rings is 1. The molecule has 0 radical (unpaired) electrons. The van der Waals surface area contributed by atoms with Gasteiger partial charge in [-0.1, -0.05) is 36.4 Å². The summed E-state index contributed by atoms with van der Waals surface area (Å²) in [4.78, 5) is 16.6. The molecule has 156 valence electrons. The maximum atomic E-state index is 13.8. The summed E-state index contributed by atoms with van der Waals surface area (Å²) in [6, 6.07) is 9.99. The molecule has 0 saturated heterocycles. The monoisotopic (exact) mass is 479 g/mol. The zero-order valence-corrected chi connectivity index (χ0v) is 17.1. The molecule has 6 nitrogen and oxygen atoms in total. The quantitative estimate of drug-likeness (QED) is 0.572. The van der Waals surface area contributed by atoms with Crippen LogP contribution < -0.4 is 10.6 Å². The van der Waals surface area contributed by atoms with Crippen molar-refractivity contribution in [1.82, 2.24) is 20.1 Å². The summed E-state index contributed by atoms with van der Waals surface area (Å²) in [5.41, 5.74) is 1.39. The smallest absolute Gasteiger partial charge is 0.362 e. The van der Waals surface area contributed by atoms with Crippen LogP contribution in [0.3, 0.4) is 0 Å². The molecule has 1 aliphatic heterocycles. The molecule has 2 atom stereocenters. The highest BCUT2D eigenvalue weighted by Gasteiger charge is 2.47. The number of nitrogens with zero attached hydrogens (tertiary/aromatic N) is 3. The van der Waals surface area contributed by atoms with Crippen LogP contribution in [-0.4, -0.2) is 26.8 Å². The molecule has 0 aliphatic carbocycles. The molecule has 10 heteroatoms. The number of anilines is 1. The number of nitrogens with one attached hydrogen (secondary N) is 2. The SMILES string of the molecule is O=C(NCc1cccnc1)c1nn2c(c1Br)NC(c1ccccc1)CC2C(F)(F)F. The van der Waals surface area contributed by atoms with Gasteiger partial charge in [0.15, 0.2) is 11.7 Å². The van der Waals surface area contributed by atoms with Crippen LogP contribution in [0.2, 0.25) is 0 Å². The van der Waals surface area contributed by atoms with E-state index in [1.165, 1.54) is 0 Å². The fraction of sp³-hybridized carbons (Fsp3) is 0.250. The van der Waals surface area contributed by atoms with Crippen molar-refractivity contribution < 1.29 is 18.0 Å². The van der Waals surface area contributed by atoms with E-state index in [0.29, 0.717) is 0 Å². The first-order chi connectivity index (χ1) is 14.3. The van der Waals surface area contributed by atoms with Gasteiger partial charge in [0, 0.05) is 25.4 Å². The molecular formula is C20H17BrF3N5O. The molecule has 0 bridgehead atoms. The summed E-state index contributed by atoms with van der Waals surface area (Å²) in [5, 5.41) is 9.76. The number of benzene rings is 1. The number of carbonyl (C=O) groups excluding carboxylic acids is 1. The molecule has 1 amide bonds. The van der Waals surface area contributed by atoms with Crippen LogP contribution in [0.1, 0.15) is 40.1 Å². The Morgan fingerprint density at radius 2 is 2.00 bits per heavy atom. The van der Waals surface area contributed by atoms with Gasteiger partial charge in [0.2, 0.25) is 0 Å². The first-order valence-electron chi connectivity index (χ1n) is 9.18. The molecule has 3 heterocycles. The number of amides is 1. The van der Waals surface area contributed by atoms with Crippen LogP contribution in [-0.2, 0) is 6.54 Å². The van der Waals surface area contributed by atoms with Crippen LogP contribution in [0.5, 0.6) is 0 Å². The average molecular weight is 480 g/mol. The van der Waals surface area contributed by atoms with Gasteiger partial charge in [0.1, 0.15) is 5.82 Å². The lowest BCUT2D eigenvalue weighted by molar-refractivity contribution is -0.173. The highest BCUT2D eigenvalue weighted by atomic mass is 79.9. The fourth-order valence-corrected chi connectivity index (χ4v) is 3.96. The van der Waals surface area contributed by atoms with E-state index < -0.39 is 24.2 Å². The number of halogens is 4. The maximum absolute atomic E-state index is 13.8. The van der Waals surface area contributed by atoms with E-state index in [1.54, 1.807) is 54.9 Å². The van der Waals surface area contributed by atoms with Gasteiger partial charge < -0.3 is 10.6 Å². The number of carbonyl (C=O) groups is 1. The van der Waals surface area contributed by atoms with Crippen molar-refractivity contribution in [3.8, 4) is 0 Å². The van der Waals surface area contributed by atoms with Gasteiger partial charge in [-0.2, -0.15) is 18.3 Å². The van der Waals surface area contributed by atoms with E-state index in [9.17, 15) is 18.0 Å². The molecule has 0 spiro atoms. The first kappa shape index (κ1) is 20.4. The average Bonchev–Trinajstić information content (AvgIpc) is 3.08. The van der Waals surface area contributed by atoms with Crippen LogP contribution in [0.4, 0.5) is 19.0 Å². The molecule has 1 aliphatic rings. The second-order valence-corrected chi connectivity index (χ2v) is 7.69. The van der Waals surface area contributed by atoms with Gasteiger partial charge in [-0.3, -0.25) is 9.78 Å². The number of rotatable bonds is 4. The Morgan fingerprint density at radius 3 is 2.67 bits per heavy atom. The van der Waals surface area contributed by atoms with Gasteiger partial charge >= 0.3 is 6.18 Å². The molecular weight excluding hydrogens is 463 g/mol. The van der Waals surface area contributed by atoms with Crippen molar-refractivity contribution in [2.24, 2.45) is 0 Å². The summed E-state index contributed by atoms with van der Waals surface area (Å²) in [6.07, 6.45) is -1.54. The molecule has 4 rings (SSSR count). The molecule has 2 unspecified atom stereocenters. The Bertz CT molecular complexity index is 1040. The second-order valence-electron chi connectivity index (χ2n) is 6.90. The topological polar surface area (TPSA) is 71.8 Å². The van der Waals surface area contributed by atoms with E-state index in [1.807, 2.05) is 0 Å². The molecule has 3 aromatic rings. The van der Waals surface area contributed by atoms with E-state index >= 15 is 0 Å². The first-order valence-corrected chi connectivity index (χ1v) is 9.97. The van der Waals surface area contributed by atoms with Crippen molar-refractivity contribution in [3.63, 3.8) is 0 Å². The summed E-state index contributed by atoms with van der Waals surface area (Å²) in [5.74, 6) is -0.449. The van der Waals surface area contributed by atoms with Crippen molar-refractivity contribution >= 4 is 27.7 Å². The zero-order chi connectivity index (χ0) is 21.3. The molecule has 30 heavy (non-hydrogen) atoms. The number of hydrogen-bond acceptors (Lipinski definition) is 4. The molecule has 0 saturated carbocycles. The number of aromatic nitrogens is 3. The Kier molecular flexibility index (Phi) is 5.50. The maximum Gasteiger partial charge on any atom is 0.410 e. The van der Waals surface area contributed by atoms with E-state index in [2.05, 4.69) is 36.6 Å². The van der Waals surface area contributed by atoms with Gasteiger partial charge in [0.25, 0.3) is 5.91 Å². The van der Waals surface area contributed by atoms with Crippen molar-refractivity contribution in [1.29, 1.82) is 0 Å². The van der Waals surface area contributed by atoms with E-state index in [-0.39, 0.29) is 29.0 Å². The molecule has 2 N–H and O–H groups in total. The van der Waals surface area contributed by atoms with Crippen molar-refractivity contribution in [3.05, 3.63) is 76.2 Å². The number of alkyl halides is 3. The standard InChI is InChI=1S/C20H17BrF3N5O/c21-16-17(19(30)26-11-12-5-4-8-25-10-12)28-29-15(20(22,23)24)9-14(27-18(16)29)13-6-2-1-3-7-13/h1-8,10,14-15,27H,9,11H2,(H,26,30). The molecule has 2 aromatic heterocycles. The fourth-order valence-electron chi connectivity index (χ4n) is 3.41. The minimum atomic E-state index is -4.52. The van der Waals surface area contributed by atoms with E-state index in [0.717, 1.165) is 15.8 Å². The summed E-state index contributed by atoms with van der Waals surface area (Å²) >= 11 is 3.27. The predicted molar refractivity (Wildman–Crippen MR) is 108 cm³/mol. The van der Waals surface area contributed by atoms with Gasteiger partial charge in [-0.15, -0.1) is 0 Å². The third kappa shape index (κ3) is 4.04. The lowest BCUT2D eigenvalue weighted by Gasteiger charge is -2.33. The summed E-state index contributed by atoms with van der Waals surface area (Å²) in [7, 11) is 0. The molecule has 0 fully saturated rings. The lowest BCUT2D eigenvalue weighted by Crippen LogP contribution is -2.35. The van der Waals surface area contributed by atoms with Gasteiger partial charge in [0.05, 0.1) is 10.5 Å². The third-order valence-corrected chi connectivity index (χ3v) is 5.64. The minimum Gasteiger partial charge on any atom is -0.362 e. The van der Waals surface area contributed by atoms with Crippen LogP contribution in [0.15, 0.2) is 59.3 Å². The largest absolute Gasteiger partial charge is 0.410 e. The van der Waals surface area contributed by atoms with Crippen molar-refractivity contribution in [2.45, 2.75) is 31.2 Å². The van der Waals surface area contributed by atoms with Gasteiger partial charge in [-0.25, -0.2) is 4.68 Å². The predicted octanol–water partition coefficient (Wildman–Crippen LogP) is 4.63. The second kappa shape index (κ2) is 8.10. The summed E-state index contributed by atoms with van der Waals surface area (Å²) in [6.45, 7) is 0.185. The summed E-state index contributed by atoms with van der Waals surface area (Å²) < 4.78 is 42.5. The van der Waals surface area contributed by atoms with Crippen molar-refractivity contribution in [2.75, 3.05) is 5.32 Å². The Hall–Kier alpha value is -2.88. The third-order valence-electron chi connectivity index (χ3n) is 4.89. The van der Waals surface area contributed by atoms with E-state index in [4.69, 9.17) is 0 Å². The Morgan fingerprint density at radius 1 is 1.23 bits per heavy atom. The normalized spacial score (nSPS) is 18.4. The number of hydrogen-bond donors (Lipinski definition) is 2. The highest BCUT2D eigenvalue weighted by molar-refractivity contribution is 9.10. The number of fused-ring (bicyclic) bond motifs is 1. The minimum absolute atomic E-state index is 0.107. The van der Waals surface area contributed by atoms with Gasteiger partial charge in [-0.05, 0) is 33.1 Å². The molecule has 1 aromatic carbocycles. The Labute approximate surface area is 178 Å². The Balaban J connectivity index is 1.64. The van der Waals surface area contributed by atoms with Crippen LogP contribution in [0, 0.1) is 0 Å². The zero-order valence-electron chi connectivity index (χ0n) is 15.5.